The fraction of sp³-hybridized carbons (Fsp3) is 0.292. The lowest BCUT2D eigenvalue weighted by molar-refractivity contribution is -0.121. The summed E-state index contributed by atoms with van der Waals surface area (Å²) in [5.41, 5.74) is 3.73. The third-order valence-electron chi connectivity index (χ3n) is 4.93. The molecular weight excluding hydrogens is 412 g/mol. The molecule has 1 saturated heterocycles. The molecule has 0 bridgehead atoms. The van der Waals surface area contributed by atoms with E-state index in [1.807, 2.05) is 26.0 Å². The highest BCUT2D eigenvalue weighted by molar-refractivity contribution is 8.18. The molecule has 1 fully saturated rings. The smallest absolute Gasteiger partial charge is 0.335 e. The van der Waals surface area contributed by atoms with Crippen molar-refractivity contribution < 1.29 is 19.4 Å². The van der Waals surface area contributed by atoms with Crippen molar-refractivity contribution in [1.29, 1.82) is 0 Å². The van der Waals surface area contributed by atoms with Crippen LogP contribution in [0, 0.1) is 6.92 Å². The lowest BCUT2D eigenvalue weighted by Crippen LogP contribution is -2.23. The second kappa shape index (κ2) is 9.39. The molecule has 1 N–H and O–H groups in total. The molecule has 0 atom stereocenters. The number of aromatic carboxylic acids is 1. The number of carboxylic acids is 1. The van der Waals surface area contributed by atoms with Crippen molar-refractivity contribution in [1.82, 2.24) is 4.90 Å². The Labute approximate surface area is 186 Å². The van der Waals surface area contributed by atoms with Gasteiger partial charge < -0.3 is 9.84 Å². The molecule has 0 aromatic heterocycles. The molecule has 3 rings (SSSR count). The molecule has 31 heavy (non-hydrogen) atoms. The van der Waals surface area contributed by atoms with Crippen LogP contribution in [0.2, 0.25) is 0 Å². The first-order valence-corrected chi connectivity index (χ1v) is 10.9. The number of carboxylic acid groups (broad SMARTS) is 1. The van der Waals surface area contributed by atoms with Gasteiger partial charge in [-0.15, -0.1) is 0 Å². The number of amidine groups is 1. The molecule has 0 saturated carbocycles. The number of hydrogen-bond acceptors (Lipinski definition) is 5. The van der Waals surface area contributed by atoms with Crippen molar-refractivity contribution in [2.45, 2.75) is 33.6 Å². The molecule has 2 aromatic rings. The van der Waals surface area contributed by atoms with E-state index in [4.69, 9.17) is 4.74 Å². The van der Waals surface area contributed by atoms with E-state index in [9.17, 15) is 14.7 Å². The molecule has 1 heterocycles. The van der Waals surface area contributed by atoms with E-state index in [1.54, 1.807) is 19.2 Å². The molecule has 0 spiro atoms. The minimum Gasteiger partial charge on any atom is -0.494 e. The van der Waals surface area contributed by atoms with Gasteiger partial charge in [0.25, 0.3) is 5.91 Å². The molecule has 0 unspecified atom stereocenters. The maximum Gasteiger partial charge on any atom is 0.335 e. The average molecular weight is 439 g/mol. The maximum absolute atomic E-state index is 12.8. The number of benzene rings is 2. The van der Waals surface area contributed by atoms with Gasteiger partial charge in [-0.3, -0.25) is 9.69 Å². The molecule has 0 radical (unpaired) electrons. The minimum atomic E-state index is -1.02. The Hall–Kier alpha value is -3.06. The van der Waals surface area contributed by atoms with Gasteiger partial charge in [-0.25, -0.2) is 9.79 Å². The molecule has 1 amide bonds. The highest BCUT2D eigenvalue weighted by atomic mass is 32.2. The van der Waals surface area contributed by atoms with E-state index in [-0.39, 0.29) is 17.4 Å². The highest BCUT2D eigenvalue weighted by Gasteiger charge is 2.30. The topological polar surface area (TPSA) is 79.2 Å². The Kier molecular flexibility index (Phi) is 6.85. The number of likely N-dealkylation sites (N-methyl/N-ethyl adjacent to an activating group) is 1. The number of ether oxygens (including phenoxy) is 1. The molecule has 6 nitrogen and oxygen atoms in total. The van der Waals surface area contributed by atoms with Crippen molar-refractivity contribution in [3.8, 4) is 5.75 Å². The zero-order chi connectivity index (χ0) is 22.7. The summed E-state index contributed by atoms with van der Waals surface area (Å²) >= 11 is 1.28. The number of aliphatic imine (C=N–C) groups is 1. The fourth-order valence-corrected chi connectivity index (χ4v) is 4.19. The van der Waals surface area contributed by atoms with Gasteiger partial charge in [0, 0.05) is 7.05 Å². The van der Waals surface area contributed by atoms with Crippen LogP contribution in [0.25, 0.3) is 6.08 Å². The van der Waals surface area contributed by atoms with Gasteiger partial charge in [0.1, 0.15) is 5.75 Å². The van der Waals surface area contributed by atoms with E-state index < -0.39 is 5.97 Å². The van der Waals surface area contributed by atoms with Crippen LogP contribution in [-0.2, 0) is 4.79 Å². The first kappa shape index (κ1) is 22.6. The molecule has 2 aromatic carbocycles. The Balaban J connectivity index is 1.96. The van der Waals surface area contributed by atoms with Crippen LogP contribution in [0.1, 0.15) is 53.7 Å². The number of carbonyl (C=O) groups is 2. The maximum atomic E-state index is 12.8. The fourth-order valence-electron chi connectivity index (χ4n) is 3.21. The summed E-state index contributed by atoms with van der Waals surface area (Å²) in [5.74, 6) is 0.00312. The predicted octanol–water partition coefficient (Wildman–Crippen LogP) is 5.45. The largest absolute Gasteiger partial charge is 0.494 e. The molecular formula is C24H26N2O4S. The SMILES string of the molecule is CCOc1cc(C)c(C=C2SC(=Nc3cccc(C(=O)O)c3)N(C)C2=O)cc1C(C)C. The van der Waals surface area contributed by atoms with Crippen LogP contribution in [-0.4, -0.2) is 40.7 Å². The van der Waals surface area contributed by atoms with Crippen molar-refractivity contribution in [2.75, 3.05) is 13.7 Å². The third-order valence-corrected chi connectivity index (χ3v) is 5.99. The van der Waals surface area contributed by atoms with Gasteiger partial charge in [0.05, 0.1) is 22.8 Å². The van der Waals surface area contributed by atoms with Crippen LogP contribution in [0.3, 0.4) is 0 Å². The van der Waals surface area contributed by atoms with Crippen molar-refractivity contribution >= 4 is 40.6 Å². The quantitative estimate of drug-likeness (QED) is 0.607. The second-order valence-electron chi connectivity index (χ2n) is 7.56. The molecule has 1 aliphatic heterocycles. The van der Waals surface area contributed by atoms with Crippen LogP contribution in [0.5, 0.6) is 5.75 Å². The van der Waals surface area contributed by atoms with Crippen LogP contribution >= 0.6 is 11.8 Å². The zero-order valence-electron chi connectivity index (χ0n) is 18.3. The number of thioether (sulfide) groups is 1. The van der Waals surface area contributed by atoms with E-state index >= 15 is 0 Å². The Morgan fingerprint density at radius 2 is 2.03 bits per heavy atom. The first-order chi connectivity index (χ1) is 14.7. The van der Waals surface area contributed by atoms with Crippen LogP contribution < -0.4 is 4.74 Å². The molecule has 1 aliphatic rings. The van der Waals surface area contributed by atoms with E-state index in [0.717, 1.165) is 22.4 Å². The summed E-state index contributed by atoms with van der Waals surface area (Å²) in [7, 11) is 1.67. The number of rotatable bonds is 6. The molecule has 7 heteroatoms. The summed E-state index contributed by atoms with van der Waals surface area (Å²) in [6.07, 6.45) is 1.89. The standard InChI is InChI=1S/C24H26N2O4S/c1-6-30-20-10-15(4)17(12-19(20)14(2)3)13-21-22(27)26(5)24(31-21)25-18-9-7-8-16(11-18)23(28)29/h7-14H,6H2,1-5H3,(H,28,29). The van der Waals surface area contributed by atoms with Crippen molar-refractivity contribution in [3.05, 3.63) is 63.6 Å². The summed E-state index contributed by atoms with van der Waals surface area (Å²) in [4.78, 5) is 30.6. The monoisotopic (exact) mass is 438 g/mol. The summed E-state index contributed by atoms with van der Waals surface area (Å²) in [5, 5.41) is 9.68. The highest BCUT2D eigenvalue weighted by Crippen LogP contribution is 2.36. The third kappa shape index (κ3) is 4.99. The summed E-state index contributed by atoms with van der Waals surface area (Å²) < 4.78 is 5.79. The number of nitrogens with zero attached hydrogens (tertiary/aromatic N) is 2. The van der Waals surface area contributed by atoms with Gasteiger partial charge in [-0.05, 0) is 84.6 Å². The van der Waals surface area contributed by atoms with Gasteiger partial charge >= 0.3 is 5.97 Å². The van der Waals surface area contributed by atoms with Gasteiger partial charge in [0.15, 0.2) is 5.17 Å². The van der Waals surface area contributed by atoms with Gasteiger partial charge in [0.2, 0.25) is 0 Å². The van der Waals surface area contributed by atoms with Crippen LogP contribution in [0.4, 0.5) is 5.69 Å². The summed E-state index contributed by atoms with van der Waals surface area (Å²) in [6.45, 7) is 8.79. The Bertz CT molecular complexity index is 1090. The minimum absolute atomic E-state index is 0.141. The van der Waals surface area contributed by atoms with E-state index in [1.165, 1.54) is 28.8 Å². The first-order valence-electron chi connectivity index (χ1n) is 10.1. The Morgan fingerprint density at radius 1 is 1.29 bits per heavy atom. The van der Waals surface area contributed by atoms with E-state index in [0.29, 0.717) is 22.4 Å². The van der Waals surface area contributed by atoms with Gasteiger partial charge in [-0.2, -0.15) is 0 Å². The zero-order valence-corrected chi connectivity index (χ0v) is 19.1. The van der Waals surface area contributed by atoms with E-state index in [2.05, 4.69) is 24.9 Å². The lowest BCUT2D eigenvalue weighted by Gasteiger charge is -2.16. The summed E-state index contributed by atoms with van der Waals surface area (Å²) in [6, 6.07) is 10.4. The average Bonchev–Trinajstić information content (AvgIpc) is 2.98. The number of aryl methyl sites for hydroxylation is 1. The number of amides is 1. The predicted molar refractivity (Wildman–Crippen MR) is 125 cm³/mol. The van der Waals surface area contributed by atoms with Crippen molar-refractivity contribution in [2.24, 2.45) is 4.99 Å². The van der Waals surface area contributed by atoms with Gasteiger partial charge in [-0.1, -0.05) is 19.9 Å². The second-order valence-corrected chi connectivity index (χ2v) is 8.57. The number of carbonyl (C=O) groups excluding carboxylic acids is 1. The molecule has 162 valence electrons. The Morgan fingerprint density at radius 3 is 2.68 bits per heavy atom. The van der Waals surface area contributed by atoms with Crippen molar-refractivity contribution in [3.63, 3.8) is 0 Å². The van der Waals surface area contributed by atoms with Crippen LogP contribution in [0.15, 0.2) is 46.3 Å². The lowest BCUT2D eigenvalue weighted by atomic mass is 9.96. The number of hydrogen-bond donors (Lipinski definition) is 1. The normalized spacial score (nSPS) is 16.6. The molecule has 0 aliphatic carbocycles.